The van der Waals surface area contributed by atoms with Crippen molar-refractivity contribution in [2.24, 2.45) is 0 Å². The molecule has 2 amide bonds. The smallest absolute Gasteiger partial charge is 0.416 e. The highest BCUT2D eigenvalue weighted by atomic mass is 19.4. The third-order valence-corrected chi connectivity index (χ3v) is 5.87. The van der Waals surface area contributed by atoms with E-state index in [0.717, 1.165) is 23.4 Å². The molecule has 0 saturated carbocycles. The zero-order valence-electron chi connectivity index (χ0n) is 20.1. The van der Waals surface area contributed by atoms with Crippen molar-refractivity contribution in [1.82, 2.24) is 10.2 Å². The highest BCUT2D eigenvalue weighted by molar-refractivity contribution is 5.89. The third-order valence-electron chi connectivity index (χ3n) is 5.87. The molecule has 0 bridgehead atoms. The summed E-state index contributed by atoms with van der Waals surface area (Å²) in [7, 11) is 1.60. The molecule has 1 fully saturated rings. The summed E-state index contributed by atoms with van der Waals surface area (Å²) in [5, 5.41) is 9.77. The second-order valence-corrected chi connectivity index (χ2v) is 8.80. The maximum Gasteiger partial charge on any atom is 0.416 e. The van der Waals surface area contributed by atoms with Gasteiger partial charge in [-0.05, 0) is 62.2 Å². The average molecular weight is 505 g/mol. The monoisotopic (exact) mass is 504 g/mol. The van der Waals surface area contributed by atoms with E-state index in [9.17, 15) is 18.0 Å². The molecular formula is C25H27F3N4O4. The first-order chi connectivity index (χ1) is 17.1. The minimum Gasteiger partial charge on any atom is -0.497 e. The van der Waals surface area contributed by atoms with E-state index in [2.05, 4.69) is 10.5 Å². The number of rotatable bonds is 7. The molecule has 1 aliphatic heterocycles. The van der Waals surface area contributed by atoms with Crippen LogP contribution in [0.15, 0.2) is 59.1 Å². The summed E-state index contributed by atoms with van der Waals surface area (Å²) in [5.41, 5.74) is 0.395. The van der Waals surface area contributed by atoms with Crippen LogP contribution in [-0.2, 0) is 23.1 Å². The van der Waals surface area contributed by atoms with E-state index in [1.165, 1.54) is 17.1 Å². The largest absolute Gasteiger partial charge is 0.497 e. The zero-order valence-corrected chi connectivity index (χ0v) is 20.1. The number of nitrogens with one attached hydrogen (secondary N) is 1. The van der Waals surface area contributed by atoms with Crippen LogP contribution in [0.3, 0.4) is 0 Å². The predicted molar refractivity (Wildman–Crippen MR) is 126 cm³/mol. The lowest BCUT2D eigenvalue weighted by molar-refractivity contribution is -0.137. The lowest BCUT2D eigenvalue weighted by Crippen LogP contribution is -2.43. The third kappa shape index (κ3) is 5.73. The summed E-state index contributed by atoms with van der Waals surface area (Å²) in [4.78, 5) is 12.9. The molecule has 0 atom stereocenters. The van der Waals surface area contributed by atoms with Crippen molar-refractivity contribution in [3.63, 3.8) is 0 Å². The number of hydrogen-bond acceptors (Lipinski definition) is 6. The molecule has 1 N–H and O–H groups in total. The van der Waals surface area contributed by atoms with Gasteiger partial charge in [0.15, 0.2) is 0 Å². The summed E-state index contributed by atoms with van der Waals surface area (Å²) in [6, 6.07) is 13.3. The normalized spacial score (nSPS) is 14.3. The van der Waals surface area contributed by atoms with Gasteiger partial charge in [-0.2, -0.15) is 13.2 Å². The van der Waals surface area contributed by atoms with Crippen molar-refractivity contribution in [2.75, 3.05) is 30.5 Å². The number of carbonyl (C=O) groups is 1. The molecule has 2 aromatic carbocycles. The minimum absolute atomic E-state index is 0.135. The van der Waals surface area contributed by atoms with Gasteiger partial charge in [0.05, 0.1) is 25.0 Å². The van der Waals surface area contributed by atoms with Crippen molar-refractivity contribution in [3.8, 4) is 5.75 Å². The molecule has 0 unspecified atom stereocenters. The number of hydrogen-bond donors (Lipinski definition) is 1. The Morgan fingerprint density at radius 1 is 1.08 bits per heavy atom. The van der Waals surface area contributed by atoms with Gasteiger partial charge in [0.25, 0.3) is 0 Å². The van der Waals surface area contributed by atoms with Gasteiger partial charge in [-0.25, -0.2) is 9.80 Å². The van der Waals surface area contributed by atoms with Crippen LogP contribution >= 0.6 is 0 Å². The van der Waals surface area contributed by atoms with E-state index in [1.807, 2.05) is 38.1 Å². The Bertz CT molecular complexity index is 1180. The van der Waals surface area contributed by atoms with E-state index in [0.29, 0.717) is 37.5 Å². The second-order valence-electron chi connectivity index (χ2n) is 8.80. The Balaban J connectivity index is 1.38. The Morgan fingerprint density at radius 3 is 2.42 bits per heavy atom. The number of aromatic nitrogens is 1. The fraction of sp³-hybridized carbons (Fsp3) is 0.360. The van der Waals surface area contributed by atoms with Crippen LogP contribution in [0.4, 0.5) is 29.5 Å². The maximum absolute atomic E-state index is 12.9. The van der Waals surface area contributed by atoms with Crippen LogP contribution in [0.25, 0.3) is 0 Å². The number of halogens is 3. The fourth-order valence-electron chi connectivity index (χ4n) is 3.76. The lowest BCUT2D eigenvalue weighted by Gasteiger charge is -2.29. The van der Waals surface area contributed by atoms with Crippen LogP contribution in [-0.4, -0.2) is 36.4 Å². The standard InChI is InChI=1S/C25H27F3N4O4/c1-24(2,35-16-17-5-11-20(34-3)12-6-17)21-15-22(36-30-21)29-23(33)32-14-4-13-31(32)19-9-7-18(8-10-19)25(26,27)28/h5-12,15H,4,13-14,16H2,1-3H3,(H,29,33). The summed E-state index contributed by atoms with van der Waals surface area (Å²) in [6.07, 6.45) is -3.75. The van der Waals surface area contributed by atoms with Crippen molar-refractivity contribution in [1.29, 1.82) is 0 Å². The highest BCUT2D eigenvalue weighted by Gasteiger charge is 2.32. The van der Waals surface area contributed by atoms with Crippen LogP contribution in [0, 0.1) is 0 Å². The zero-order chi connectivity index (χ0) is 25.9. The number of methoxy groups -OCH3 is 1. The van der Waals surface area contributed by atoms with Crippen LogP contribution < -0.4 is 15.1 Å². The Labute approximate surface area is 206 Å². The van der Waals surface area contributed by atoms with E-state index in [4.69, 9.17) is 14.0 Å². The van der Waals surface area contributed by atoms with E-state index < -0.39 is 23.4 Å². The molecule has 3 aromatic rings. The van der Waals surface area contributed by atoms with Gasteiger partial charge in [-0.1, -0.05) is 17.3 Å². The minimum atomic E-state index is -4.42. The number of anilines is 2. The molecule has 11 heteroatoms. The second kappa shape index (κ2) is 10.1. The average Bonchev–Trinajstić information content (AvgIpc) is 3.53. The van der Waals surface area contributed by atoms with Crippen LogP contribution in [0.2, 0.25) is 0 Å². The molecular weight excluding hydrogens is 477 g/mol. The molecule has 1 aliphatic rings. The van der Waals surface area contributed by atoms with Crippen LogP contribution in [0.1, 0.15) is 37.1 Å². The van der Waals surface area contributed by atoms with Crippen molar-refractivity contribution in [3.05, 3.63) is 71.4 Å². The molecule has 0 aliphatic carbocycles. The fourth-order valence-corrected chi connectivity index (χ4v) is 3.76. The molecule has 4 rings (SSSR count). The predicted octanol–water partition coefficient (Wildman–Crippen LogP) is 5.81. The van der Waals surface area contributed by atoms with Gasteiger partial charge in [0, 0.05) is 19.2 Å². The first-order valence-corrected chi connectivity index (χ1v) is 11.3. The summed E-state index contributed by atoms with van der Waals surface area (Å²) in [6.45, 7) is 4.91. The van der Waals surface area contributed by atoms with Gasteiger partial charge >= 0.3 is 12.2 Å². The first-order valence-electron chi connectivity index (χ1n) is 11.3. The van der Waals surface area contributed by atoms with E-state index in [-0.39, 0.29) is 5.88 Å². The first kappa shape index (κ1) is 25.4. The lowest BCUT2D eigenvalue weighted by atomic mass is 10.1. The molecule has 1 saturated heterocycles. The molecule has 36 heavy (non-hydrogen) atoms. The number of hydrazine groups is 1. The number of benzene rings is 2. The SMILES string of the molecule is COc1ccc(COC(C)(C)c2cc(NC(=O)N3CCCN3c3ccc(C(F)(F)F)cc3)on2)cc1. The van der Waals surface area contributed by atoms with Gasteiger partial charge in [0.2, 0.25) is 5.88 Å². The van der Waals surface area contributed by atoms with Gasteiger partial charge in [0.1, 0.15) is 17.0 Å². The Kier molecular flexibility index (Phi) is 7.11. The quantitative estimate of drug-likeness (QED) is 0.437. The van der Waals surface area contributed by atoms with Crippen molar-refractivity contribution >= 4 is 17.6 Å². The van der Waals surface area contributed by atoms with Gasteiger partial charge in [-0.3, -0.25) is 10.3 Å². The number of ether oxygens (including phenoxy) is 2. The van der Waals surface area contributed by atoms with Crippen molar-refractivity contribution in [2.45, 2.75) is 38.7 Å². The summed E-state index contributed by atoms with van der Waals surface area (Å²) < 4.78 is 55.1. The number of nitrogens with zero attached hydrogens (tertiary/aromatic N) is 3. The number of urea groups is 1. The van der Waals surface area contributed by atoms with Gasteiger partial charge < -0.3 is 14.0 Å². The summed E-state index contributed by atoms with van der Waals surface area (Å²) >= 11 is 0. The van der Waals surface area contributed by atoms with Crippen LogP contribution in [0.5, 0.6) is 5.75 Å². The topological polar surface area (TPSA) is 80.1 Å². The van der Waals surface area contributed by atoms with E-state index >= 15 is 0 Å². The number of carbonyl (C=O) groups excluding carboxylic acids is 1. The molecule has 2 heterocycles. The molecule has 1 aromatic heterocycles. The molecule has 192 valence electrons. The Hall–Kier alpha value is -3.73. The molecule has 0 spiro atoms. The molecule has 0 radical (unpaired) electrons. The van der Waals surface area contributed by atoms with Crippen molar-refractivity contribution < 1.29 is 32.0 Å². The number of alkyl halides is 3. The van der Waals surface area contributed by atoms with Gasteiger partial charge in [-0.15, -0.1) is 0 Å². The van der Waals surface area contributed by atoms with E-state index in [1.54, 1.807) is 18.2 Å². The summed E-state index contributed by atoms with van der Waals surface area (Å²) in [5.74, 6) is 0.889. The highest BCUT2D eigenvalue weighted by Crippen LogP contribution is 2.32. The Morgan fingerprint density at radius 2 is 1.78 bits per heavy atom. The number of amides is 2. The molecule has 8 nitrogen and oxygen atoms in total. The maximum atomic E-state index is 12.9.